The first-order valence-electron chi connectivity index (χ1n) is 9.53. The molecule has 0 heterocycles. The van der Waals surface area contributed by atoms with Gasteiger partial charge in [-0.25, -0.2) is 0 Å². The smallest absolute Gasteiger partial charge is 0.0708 e. The minimum Gasteiger partial charge on any atom is -0.330 e. The highest BCUT2D eigenvalue weighted by Crippen LogP contribution is 2.37. The third-order valence-corrected chi connectivity index (χ3v) is 5.95. The van der Waals surface area contributed by atoms with Gasteiger partial charge >= 0.3 is 0 Å². The van der Waals surface area contributed by atoms with Gasteiger partial charge in [0.15, 0.2) is 0 Å². The van der Waals surface area contributed by atoms with Crippen LogP contribution in [-0.2, 0) is 0 Å². The van der Waals surface area contributed by atoms with E-state index in [1.165, 1.54) is 29.6 Å². The van der Waals surface area contributed by atoms with Crippen molar-refractivity contribution in [1.82, 2.24) is 0 Å². The van der Waals surface area contributed by atoms with Gasteiger partial charge in [0.2, 0.25) is 0 Å². The molecule has 2 N–H and O–H groups in total. The van der Waals surface area contributed by atoms with Crippen molar-refractivity contribution in [3.63, 3.8) is 0 Å². The fraction of sp³-hybridized carbons (Fsp3) is 0.727. The molecule has 0 saturated heterocycles. The number of rotatable bonds is 11. The molecule has 136 valence electrons. The summed E-state index contributed by atoms with van der Waals surface area (Å²) in [6, 6.07) is 0. The van der Waals surface area contributed by atoms with Crippen LogP contribution in [0, 0.1) is 10.8 Å². The molecule has 0 aliphatic rings. The largest absolute Gasteiger partial charge is 0.330 e. The van der Waals surface area contributed by atoms with Crippen molar-refractivity contribution in [2.45, 2.75) is 86.9 Å². The van der Waals surface area contributed by atoms with E-state index in [9.17, 15) is 0 Å². The molecule has 0 amide bonds. The Kier molecular flexibility index (Phi) is 10.6. The van der Waals surface area contributed by atoms with Crippen molar-refractivity contribution in [1.29, 1.82) is 0 Å². The summed E-state index contributed by atoms with van der Waals surface area (Å²) in [6.07, 6.45) is 13.2. The number of allylic oxidation sites excluding steroid dienone is 5. The molecular formula is C22H40BN. The van der Waals surface area contributed by atoms with Crippen LogP contribution in [0.25, 0.3) is 0 Å². The lowest BCUT2D eigenvalue weighted by Crippen LogP contribution is -2.28. The van der Waals surface area contributed by atoms with Gasteiger partial charge in [-0.05, 0) is 65.2 Å². The van der Waals surface area contributed by atoms with Crippen LogP contribution in [0.5, 0.6) is 0 Å². The van der Waals surface area contributed by atoms with Gasteiger partial charge < -0.3 is 5.73 Å². The normalized spacial score (nSPS) is 18.0. The summed E-state index contributed by atoms with van der Waals surface area (Å²) in [5.74, 6) is 0. The molecule has 2 atom stereocenters. The topological polar surface area (TPSA) is 26.0 Å². The Labute approximate surface area is 153 Å². The van der Waals surface area contributed by atoms with Crippen molar-refractivity contribution in [2.75, 3.05) is 6.54 Å². The predicted molar refractivity (Wildman–Crippen MR) is 112 cm³/mol. The molecule has 0 aromatic rings. The lowest BCUT2D eigenvalue weighted by atomic mass is 9.74. The molecule has 0 bridgehead atoms. The quantitative estimate of drug-likeness (QED) is 0.346. The second-order valence-corrected chi connectivity index (χ2v) is 8.05. The maximum absolute atomic E-state index is 6.05. The molecule has 0 aliphatic carbocycles. The zero-order valence-corrected chi connectivity index (χ0v) is 17.3. The first-order chi connectivity index (χ1) is 11.1. The fourth-order valence-electron chi connectivity index (χ4n) is 3.07. The molecule has 0 saturated carbocycles. The highest BCUT2D eigenvalue weighted by Gasteiger charge is 2.25. The fourth-order valence-corrected chi connectivity index (χ4v) is 3.07. The third kappa shape index (κ3) is 7.42. The highest BCUT2D eigenvalue weighted by molar-refractivity contribution is 6.09. The Hall–Kier alpha value is -0.755. The van der Waals surface area contributed by atoms with Gasteiger partial charge in [0.25, 0.3) is 0 Å². The third-order valence-electron chi connectivity index (χ3n) is 5.95. The van der Waals surface area contributed by atoms with Gasteiger partial charge in [-0.2, -0.15) is 0 Å². The van der Waals surface area contributed by atoms with Crippen molar-refractivity contribution in [2.24, 2.45) is 16.6 Å². The van der Waals surface area contributed by atoms with Crippen molar-refractivity contribution in [3.8, 4) is 0 Å². The molecule has 0 aromatic heterocycles. The van der Waals surface area contributed by atoms with Crippen LogP contribution in [0.4, 0.5) is 0 Å². The lowest BCUT2D eigenvalue weighted by Gasteiger charge is -2.31. The average molecular weight is 329 g/mol. The SMILES string of the molecule is [B]C/C=C(\C)C(C)(CN)CC/C=C(\C)C(C)(CC)CCC=C(C)C. The summed E-state index contributed by atoms with van der Waals surface area (Å²) in [6.45, 7) is 16.4. The molecule has 0 fully saturated rings. The molecule has 2 unspecified atom stereocenters. The van der Waals surface area contributed by atoms with Crippen LogP contribution >= 0.6 is 0 Å². The summed E-state index contributed by atoms with van der Waals surface area (Å²) < 4.78 is 0. The number of hydrogen-bond donors (Lipinski definition) is 1. The minimum atomic E-state index is 0.0564. The molecule has 24 heavy (non-hydrogen) atoms. The van der Waals surface area contributed by atoms with Crippen LogP contribution in [-0.4, -0.2) is 14.4 Å². The summed E-state index contributed by atoms with van der Waals surface area (Å²) in [5.41, 5.74) is 10.7. The summed E-state index contributed by atoms with van der Waals surface area (Å²) in [5, 5.41) is 0. The van der Waals surface area contributed by atoms with Crippen molar-refractivity contribution in [3.05, 3.63) is 34.9 Å². The minimum absolute atomic E-state index is 0.0564. The van der Waals surface area contributed by atoms with Gasteiger partial charge in [-0.15, -0.1) is 0 Å². The Bertz CT molecular complexity index is 457. The molecule has 0 spiro atoms. The van der Waals surface area contributed by atoms with Gasteiger partial charge in [-0.1, -0.05) is 62.0 Å². The molecule has 0 aromatic carbocycles. The molecule has 0 rings (SSSR count). The van der Waals surface area contributed by atoms with Crippen LogP contribution in [0.15, 0.2) is 34.9 Å². The maximum atomic E-state index is 6.05. The first-order valence-corrected chi connectivity index (χ1v) is 9.53. The number of hydrogen-bond acceptors (Lipinski definition) is 1. The van der Waals surface area contributed by atoms with Crippen molar-refractivity contribution >= 4 is 7.85 Å². The second kappa shape index (κ2) is 11.0. The van der Waals surface area contributed by atoms with Gasteiger partial charge in [0, 0.05) is 12.0 Å². The first kappa shape index (κ1) is 23.2. The predicted octanol–water partition coefficient (Wildman–Crippen LogP) is 6.37. The molecule has 1 nitrogen and oxygen atoms in total. The van der Waals surface area contributed by atoms with E-state index in [4.69, 9.17) is 13.6 Å². The Morgan fingerprint density at radius 3 is 1.83 bits per heavy atom. The number of nitrogens with two attached hydrogens (primary N) is 1. The average Bonchev–Trinajstić information content (AvgIpc) is 2.54. The molecule has 0 aliphatic heterocycles. The van der Waals surface area contributed by atoms with Crippen LogP contribution < -0.4 is 5.73 Å². The van der Waals surface area contributed by atoms with E-state index >= 15 is 0 Å². The van der Waals surface area contributed by atoms with E-state index in [1.54, 1.807) is 0 Å². The zero-order chi connectivity index (χ0) is 18.8. The van der Waals surface area contributed by atoms with E-state index in [2.05, 4.69) is 66.7 Å². The van der Waals surface area contributed by atoms with Crippen LogP contribution in [0.2, 0.25) is 6.32 Å². The van der Waals surface area contributed by atoms with Crippen LogP contribution in [0.3, 0.4) is 0 Å². The van der Waals surface area contributed by atoms with E-state index in [0.717, 1.165) is 19.3 Å². The van der Waals surface area contributed by atoms with Gasteiger partial charge in [-0.3, -0.25) is 0 Å². The van der Waals surface area contributed by atoms with E-state index in [1.807, 2.05) is 0 Å². The monoisotopic (exact) mass is 329 g/mol. The van der Waals surface area contributed by atoms with Crippen LogP contribution in [0.1, 0.15) is 80.6 Å². The maximum Gasteiger partial charge on any atom is 0.0708 e. The summed E-state index contributed by atoms with van der Waals surface area (Å²) in [7, 11) is 5.67. The zero-order valence-electron chi connectivity index (χ0n) is 17.3. The standard InChI is InChI=1S/C22H40BN/c1-8-21(6,14-9-11-18(2)3)19(4)12-10-15-22(7,17-24)20(5)13-16-23/h11-13H,8-10,14-17,24H2,1-7H3/b19-12+,20-13+. The highest BCUT2D eigenvalue weighted by atomic mass is 14.6. The summed E-state index contributed by atoms with van der Waals surface area (Å²) >= 11 is 0. The van der Waals surface area contributed by atoms with E-state index in [-0.39, 0.29) is 5.41 Å². The molecule has 2 heteroatoms. The molecule has 2 radical (unpaired) electrons. The van der Waals surface area contributed by atoms with Gasteiger partial charge in [0.05, 0.1) is 7.85 Å². The summed E-state index contributed by atoms with van der Waals surface area (Å²) in [4.78, 5) is 0. The Balaban J connectivity index is 4.92. The van der Waals surface area contributed by atoms with Crippen molar-refractivity contribution < 1.29 is 0 Å². The Morgan fingerprint density at radius 1 is 0.875 bits per heavy atom. The Morgan fingerprint density at radius 2 is 1.38 bits per heavy atom. The van der Waals surface area contributed by atoms with Gasteiger partial charge in [0.1, 0.15) is 0 Å². The van der Waals surface area contributed by atoms with E-state index in [0.29, 0.717) is 18.3 Å². The lowest BCUT2D eigenvalue weighted by molar-refractivity contribution is 0.347. The van der Waals surface area contributed by atoms with E-state index < -0.39 is 0 Å². The second-order valence-electron chi connectivity index (χ2n) is 8.05. The molecular weight excluding hydrogens is 289 g/mol.